The van der Waals surface area contributed by atoms with Gasteiger partial charge in [-0.3, -0.25) is 4.79 Å². The second-order valence-electron chi connectivity index (χ2n) is 3.05. The monoisotopic (exact) mass is 192 g/mol. The lowest BCUT2D eigenvalue weighted by Gasteiger charge is -2.14. The summed E-state index contributed by atoms with van der Waals surface area (Å²) >= 11 is 0. The molecule has 0 saturated carbocycles. The number of carbonyl (C=O) groups excluding carboxylic acids is 1. The fourth-order valence-corrected chi connectivity index (χ4v) is 1.36. The van der Waals surface area contributed by atoms with Crippen LogP contribution >= 0.6 is 0 Å². The van der Waals surface area contributed by atoms with E-state index in [-0.39, 0.29) is 5.91 Å². The van der Waals surface area contributed by atoms with Crippen molar-refractivity contribution >= 4 is 5.91 Å². The number of rotatable bonds is 1. The first-order chi connectivity index (χ1) is 6.77. The Kier molecular flexibility index (Phi) is 2.26. The molecule has 1 aromatic heterocycles. The van der Waals surface area contributed by atoms with Gasteiger partial charge in [0, 0.05) is 30.9 Å². The summed E-state index contributed by atoms with van der Waals surface area (Å²) in [6.45, 7) is 1.20. The molecular formula is C10H9FN2O. The number of pyridine rings is 1. The van der Waals surface area contributed by atoms with E-state index >= 15 is 0 Å². The Labute approximate surface area is 80.9 Å². The van der Waals surface area contributed by atoms with Crippen LogP contribution in [0.15, 0.2) is 30.5 Å². The molecule has 0 fully saturated rings. The average molecular weight is 192 g/mol. The molecule has 0 spiro atoms. The van der Waals surface area contributed by atoms with Gasteiger partial charge < -0.3 is 4.90 Å². The second-order valence-corrected chi connectivity index (χ2v) is 3.05. The Hall–Kier alpha value is -1.71. The summed E-state index contributed by atoms with van der Waals surface area (Å²) in [4.78, 5) is 16.7. The van der Waals surface area contributed by atoms with Crippen LogP contribution in [0.2, 0.25) is 0 Å². The van der Waals surface area contributed by atoms with Crippen molar-refractivity contribution < 1.29 is 9.18 Å². The molecule has 0 aromatic carbocycles. The molecule has 1 aliphatic rings. The maximum atomic E-state index is 12.7. The predicted molar refractivity (Wildman–Crippen MR) is 49.2 cm³/mol. The molecule has 0 bridgehead atoms. The minimum atomic E-state index is -0.622. The lowest BCUT2D eigenvalue weighted by molar-refractivity contribution is 0.0799. The van der Waals surface area contributed by atoms with Crippen molar-refractivity contribution in [2.45, 2.75) is 0 Å². The number of aromatic nitrogens is 1. The first kappa shape index (κ1) is 8.87. The van der Waals surface area contributed by atoms with Crippen molar-refractivity contribution in [1.82, 2.24) is 9.88 Å². The number of hydrogen-bond acceptors (Lipinski definition) is 2. The lowest BCUT2D eigenvalue weighted by atomic mass is 10.2. The van der Waals surface area contributed by atoms with Gasteiger partial charge in [-0.05, 0) is 6.07 Å². The van der Waals surface area contributed by atoms with Crippen molar-refractivity contribution in [3.8, 4) is 0 Å². The van der Waals surface area contributed by atoms with Crippen LogP contribution in [-0.4, -0.2) is 28.9 Å². The minimum Gasteiger partial charge on any atom is -0.331 e. The summed E-state index contributed by atoms with van der Waals surface area (Å²) in [7, 11) is 0. The number of carbonyl (C=O) groups is 1. The smallest absolute Gasteiger partial charge is 0.254 e. The van der Waals surface area contributed by atoms with Crippen molar-refractivity contribution in [2.75, 3.05) is 13.1 Å². The molecule has 2 rings (SSSR count). The molecule has 2 heterocycles. The first-order valence-corrected chi connectivity index (χ1v) is 4.33. The summed E-state index contributed by atoms with van der Waals surface area (Å²) in [5.74, 6) is -0.778. The highest BCUT2D eigenvalue weighted by Crippen LogP contribution is 2.08. The molecule has 4 heteroatoms. The van der Waals surface area contributed by atoms with E-state index in [4.69, 9.17) is 0 Å². The zero-order chi connectivity index (χ0) is 9.97. The van der Waals surface area contributed by atoms with Gasteiger partial charge in [-0.1, -0.05) is 12.2 Å². The van der Waals surface area contributed by atoms with Gasteiger partial charge in [0.1, 0.15) is 0 Å². The Morgan fingerprint density at radius 2 is 2.14 bits per heavy atom. The fraction of sp³-hybridized carbons (Fsp3) is 0.200. The van der Waals surface area contributed by atoms with Crippen LogP contribution in [0, 0.1) is 5.95 Å². The van der Waals surface area contributed by atoms with Crippen LogP contribution in [0.3, 0.4) is 0 Å². The van der Waals surface area contributed by atoms with E-state index < -0.39 is 5.95 Å². The molecule has 0 radical (unpaired) electrons. The summed E-state index contributed by atoms with van der Waals surface area (Å²) < 4.78 is 12.7. The van der Waals surface area contributed by atoms with Crippen molar-refractivity contribution in [1.29, 1.82) is 0 Å². The highest BCUT2D eigenvalue weighted by Gasteiger charge is 2.16. The van der Waals surface area contributed by atoms with E-state index in [1.54, 1.807) is 4.90 Å². The van der Waals surface area contributed by atoms with Gasteiger partial charge in [0.15, 0.2) is 0 Å². The third-order valence-corrected chi connectivity index (χ3v) is 2.08. The molecule has 14 heavy (non-hydrogen) atoms. The van der Waals surface area contributed by atoms with E-state index in [0.29, 0.717) is 18.7 Å². The Balaban J connectivity index is 2.18. The molecule has 1 aliphatic heterocycles. The van der Waals surface area contributed by atoms with Crippen LogP contribution in [0.5, 0.6) is 0 Å². The number of amides is 1. The number of nitrogens with zero attached hydrogens (tertiary/aromatic N) is 2. The maximum Gasteiger partial charge on any atom is 0.254 e. The lowest BCUT2D eigenvalue weighted by Crippen LogP contribution is -2.28. The van der Waals surface area contributed by atoms with Crippen LogP contribution in [0.25, 0.3) is 0 Å². The standard InChI is InChI=1S/C10H9FN2O/c11-9-7-8(3-4-12-9)10(14)13-5-1-2-6-13/h1-4,7H,5-6H2. The topological polar surface area (TPSA) is 33.2 Å². The summed E-state index contributed by atoms with van der Waals surface area (Å²) in [6.07, 6.45) is 5.12. The molecule has 3 nitrogen and oxygen atoms in total. The van der Waals surface area contributed by atoms with Gasteiger partial charge in [-0.15, -0.1) is 0 Å². The van der Waals surface area contributed by atoms with Crippen LogP contribution in [-0.2, 0) is 0 Å². The van der Waals surface area contributed by atoms with E-state index in [2.05, 4.69) is 4.98 Å². The van der Waals surface area contributed by atoms with Gasteiger partial charge in [-0.25, -0.2) is 4.98 Å². The van der Waals surface area contributed by atoms with Gasteiger partial charge in [0.25, 0.3) is 5.91 Å². The second kappa shape index (κ2) is 3.57. The van der Waals surface area contributed by atoms with Crippen molar-refractivity contribution in [3.05, 3.63) is 42.0 Å². The number of hydrogen-bond donors (Lipinski definition) is 0. The van der Waals surface area contributed by atoms with Gasteiger partial charge in [0.2, 0.25) is 5.95 Å². The Morgan fingerprint density at radius 1 is 1.43 bits per heavy atom. The molecule has 72 valence electrons. The molecule has 0 saturated heterocycles. The Bertz CT molecular complexity index is 381. The summed E-state index contributed by atoms with van der Waals surface area (Å²) in [5, 5.41) is 0. The average Bonchev–Trinajstić information content (AvgIpc) is 2.69. The predicted octanol–water partition coefficient (Wildman–Crippen LogP) is 1.23. The third-order valence-electron chi connectivity index (χ3n) is 2.08. The Morgan fingerprint density at radius 3 is 2.79 bits per heavy atom. The van der Waals surface area contributed by atoms with Crippen LogP contribution in [0.1, 0.15) is 10.4 Å². The maximum absolute atomic E-state index is 12.7. The van der Waals surface area contributed by atoms with Gasteiger partial charge in [-0.2, -0.15) is 4.39 Å². The zero-order valence-electron chi connectivity index (χ0n) is 7.48. The highest BCUT2D eigenvalue weighted by atomic mass is 19.1. The zero-order valence-corrected chi connectivity index (χ0v) is 7.48. The quantitative estimate of drug-likeness (QED) is 0.495. The first-order valence-electron chi connectivity index (χ1n) is 4.33. The highest BCUT2D eigenvalue weighted by molar-refractivity contribution is 5.94. The van der Waals surface area contributed by atoms with Gasteiger partial charge in [0.05, 0.1) is 0 Å². The molecule has 0 unspecified atom stereocenters. The van der Waals surface area contributed by atoms with E-state index in [9.17, 15) is 9.18 Å². The van der Waals surface area contributed by atoms with E-state index in [1.165, 1.54) is 12.3 Å². The summed E-state index contributed by atoms with van der Waals surface area (Å²) in [5.41, 5.74) is 0.348. The molecule has 0 atom stereocenters. The minimum absolute atomic E-state index is 0.156. The molecular weight excluding hydrogens is 183 g/mol. The van der Waals surface area contributed by atoms with Gasteiger partial charge >= 0.3 is 0 Å². The van der Waals surface area contributed by atoms with E-state index in [1.807, 2.05) is 12.2 Å². The number of halogens is 1. The molecule has 0 aliphatic carbocycles. The largest absolute Gasteiger partial charge is 0.331 e. The summed E-state index contributed by atoms with van der Waals surface area (Å²) in [6, 6.07) is 2.67. The normalized spacial score (nSPS) is 14.8. The SMILES string of the molecule is O=C(c1ccnc(F)c1)N1CC=CC1. The fourth-order valence-electron chi connectivity index (χ4n) is 1.36. The van der Waals surface area contributed by atoms with Crippen molar-refractivity contribution in [3.63, 3.8) is 0 Å². The van der Waals surface area contributed by atoms with Crippen molar-refractivity contribution in [2.24, 2.45) is 0 Å². The molecule has 1 amide bonds. The third kappa shape index (κ3) is 1.64. The van der Waals surface area contributed by atoms with Crippen LogP contribution < -0.4 is 0 Å². The molecule has 1 aromatic rings. The van der Waals surface area contributed by atoms with Crippen LogP contribution in [0.4, 0.5) is 4.39 Å². The van der Waals surface area contributed by atoms with E-state index in [0.717, 1.165) is 6.07 Å². The molecule has 0 N–H and O–H groups in total.